The van der Waals surface area contributed by atoms with Gasteiger partial charge in [-0.1, -0.05) is 6.92 Å². The first-order valence-electron chi connectivity index (χ1n) is 2.91. The minimum absolute atomic E-state index is 0.622. The molecule has 4 heteroatoms. The maximum atomic E-state index is 4.07. The van der Waals surface area contributed by atoms with Crippen molar-refractivity contribution in [1.82, 2.24) is 9.97 Å². The average Bonchev–Trinajstić information content (AvgIpc) is 1.88. The van der Waals surface area contributed by atoms with Gasteiger partial charge in [0.25, 0.3) is 0 Å². The molecular formula is C6H6Br2N2. The minimum atomic E-state index is 0.622. The van der Waals surface area contributed by atoms with E-state index in [1.54, 1.807) is 6.20 Å². The van der Waals surface area contributed by atoms with Crippen molar-refractivity contribution < 1.29 is 0 Å². The fourth-order valence-corrected chi connectivity index (χ4v) is 1.67. The van der Waals surface area contributed by atoms with E-state index >= 15 is 0 Å². The summed E-state index contributed by atoms with van der Waals surface area (Å²) in [5.74, 6) is 0. The van der Waals surface area contributed by atoms with E-state index in [0.29, 0.717) is 4.73 Å². The van der Waals surface area contributed by atoms with Crippen molar-refractivity contribution in [1.29, 1.82) is 0 Å². The Hall–Kier alpha value is 0.0400. The standard InChI is InChI=1S/C6H6Br2N2/c1-2-4-3-9-6(8)10-5(4)7/h3H,2H2,1H3. The van der Waals surface area contributed by atoms with Gasteiger partial charge >= 0.3 is 0 Å². The van der Waals surface area contributed by atoms with Gasteiger partial charge < -0.3 is 0 Å². The van der Waals surface area contributed by atoms with Crippen molar-refractivity contribution in [2.24, 2.45) is 0 Å². The quantitative estimate of drug-likeness (QED) is 0.576. The van der Waals surface area contributed by atoms with Gasteiger partial charge in [-0.25, -0.2) is 9.97 Å². The van der Waals surface area contributed by atoms with Crippen LogP contribution in [0.15, 0.2) is 15.5 Å². The zero-order valence-corrected chi connectivity index (χ0v) is 8.61. The number of hydrogen-bond acceptors (Lipinski definition) is 2. The predicted molar refractivity (Wildman–Crippen MR) is 46.8 cm³/mol. The van der Waals surface area contributed by atoms with Crippen LogP contribution < -0.4 is 0 Å². The van der Waals surface area contributed by atoms with Crippen LogP contribution in [0, 0.1) is 0 Å². The normalized spacial score (nSPS) is 9.90. The van der Waals surface area contributed by atoms with E-state index in [-0.39, 0.29) is 0 Å². The molecule has 0 saturated carbocycles. The van der Waals surface area contributed by atoms with Crippen LogP contribution in [0.2, 0.25) is 0 Å². The molecule has 0 aromatic carbocycles. The van der Waals surface area contributed by atoms with Gasteiger partial charge in [0, 0.05) is 11.8 Å². The molecule has 1 rings (SSSR count). The van der Waals surface area contributed by atoms with Crippen molar-refractivity contribution in [2.45, 2.75) is 13.3 Å². The number of hydrogen-bond donors (Lipinski definition) is 0. The molecule has 1 aromatic rings. The summed E-state index contributed by atoms with van der Waals surface area (Å²) in [6.45, 7) is 2.07. The monoisotopic (exact) mass is 264 g/mol. The molecule has 1 aromatic heterocycles. The molecule has 0 unspecified atom stereocenters. The molecule has 0 bridgehead atoms. The SMILES string of the molecule is CCc1cnc(Br)nc1Br. The third kappa shape index (κ3) is 1.76. The lowest BCUT2D eigenvalue weighted by molar-refractivity contribution is 0.993. The van der Waals surface area contributed by atoms with Gasteiger partial charge in [0.1, 0.15) is 4.60 Å². The minimum Gasteiger partial charge on any atom is -0.230 e. The van der Waals surface area contributed by atoms with Crippen LogP contribution in [-0.4, -0.2) is 9.97 Å². The first-order valence-corrected chi connectivity index (χ1v) is 4.49. The summed E-state index contributed by atoms with van der Waals surface area (Å²) in [4.78, 5) is 8.05. The molecule has 0 fully saturated rings. The summed E-state index contributed by atoms with van der Waals surface area (Å²) in [6, 6.07) is 0. The fraction of sp³-hybridized carbons (Fsp3) is 0.333. The van der Waals surface area contributed by atoms with Gasteiger partial charge in [0.05, 0.1) is 0 Å². The Morgan fingerprint density at radius 1 is 1.50 bits per heavy atom. The molecule has 0 spiro atoms. The summed E-state index contributed by atoms with van der Waals surface area (Å²) >= 11 is 6.50. The third-order valence-corrected chi connectivity index (χ3v) is 2.23. The lowest BCUT2D eigenvalue weighted by Crippen LogP contribution is -1.89. The second-order valence-corrected chi connectivity index (χ2v) is 3.27. The molecule has 1 heterocycles. The summed E-state index contributed by atoms with van der Waals surface area (Å²) in [7, 11) is 0. The van der Waals surface area contributed by atoms with Gasteiger partial charge in [0.15, 0.2) is 4.73 Å². The van der Waals surface area contributed by atoms with Crippen molar-refractivity contribution in [3.05, 3.63) is 21.1 Å². The molecule has 10 heavy (non-hydrogen) atoms. The second-order valence-electron chi connectivity index (χ2n) is 1.81. The molecular weight excluding hydrogens is 260 g/mol. The highest BCUT2D eigenvalue weighted by molar-refractivity contribution is 9.11. The first-order chi connectivity index (χ1) is 4.74. The average molecular weight is 266 g/mol. The first kappa shape index (κ1) is 8.14. The highest BCUT2D eigenvalue weighted by Gasteiger charge is 1.98. The Bertz CT molecular complexity index is 237. The summed E-state index contributed by atoms with van der Waals surface area (Å²) in [5, 5.41) is 0. The predicted octanol–water partition coefficient (Wildman–Crippen LogP) is 2.56. The lowest BCUT2D eigenvalue weighted by atomic mass is 10.3. The van der Waals surface area contributed by atoms with E-state index in [9.17, 15) is 0 Å². The Morgan fingerprint density at radius 2 is 2.20 bits per heavy atom. The Morgan fingerprint density at radius 3 is 2.70 bits per heavy atom. The molecule has 0 N–H and O–H groups in total. The van der Waals surface area contributed by atoms with Crippen LogP contribution in [-0.2, 0) is 6.42 Å². The van der Waals surface area contributed by atoms with Crippen LogP contribution in [0.5, 0.6) is 0 Å². The van der Waals surface area contributed by atoms with Crippen LogP contribution >= 0.6 is 31.9 Å². The Labute approximate surface area is 76.3 Å². The number of rotatable bonds is 1. The largest absolute Gasteiger partial charge is 0.230 e. The van der Waals surface area contributed by atoms with Crippen molar-refractivity contribution in [3.63, 3.8) is 0 Å². The highest BCUT2D eigenvalue weighted by atomic mass is 79.9. The van der Waals surface area contributed by atoms with E-state index in [0.717, 1.165) is 16.6 Å². The van der Waals surface area contributed by atoms with Crippen LogP contribution in [0.3, 0.4) is 0 Å². The highest BCUT2D eigenvalue weighted by Crippen LogP contribution is 2.15. The maximum absolute atomic E-state index is 4.07. The number of aromatic nitrogens is 2. The Balaban J connectivity index is 3.07. The molecule has 0 saturated heterocycles. The van der Waals surface area contributed by atoms with Gasteiger partial charge in [-0.05, 0) is 38.3 Å². The second kappa shape index (κ2) is 3.44. The van der Waals surface area contributed by atoms with Crippen molar-refractivity contribution in [3.8, 4) is 0 Å². The molecule has 0 aliphatic carbocycles. The van der Waals surface area contributed by atoms with E-state index in [1.165, 1.54) is 0 Å². The Kier molecular flexibility index (Phi) is 2.80. The van der Waals surface area contributed by atoms with E-state index in [4.69, 9.17) is 0 Å². The fourth-order valence-electron chi connectivity index (χ4n) is 0.603. The molecule has 0 aliphatic heterocycles. The number of aryl methyl sites for hydroxylation is 1. The maximum Gasteiger partial charge on any atom is 0.197 e. The van der Waals surface area contributed by atoms with E-state index in [2.05, 4.69) is 48.8 Å². The van der Waals surface area contributed by atoms with Crippen molar-refractivity contribution >= 4 is 31.9 Å². The summed E-state index contributed by atoms with van der Waals surface area (Å²) in [6.07, 6.45) is 2.76. The van der Waals surface area contributed by atoms with Crippen LogP contribution in [0.4, 0.5) is 0 Å². The van der Waals surface area contributed by atoms with Crippen molar-refractivity contribution in [2.75, 3.05) is 0 Å². The van der Waals surface area contributed by atoms with Gasteiger partial charge in [-0.2, -0.15) is 0 Å². The zero-order chi connectivity index (χ0) is 7.56. The van der Waals surface area contributed by atoms with Gasteiger partial charge in [-0.3, -0.25) is 0 Å². The number of halogens is 2. The van der Waals surface area contributed by atoms with E-state index in [1.807, 2.05) is 0 Å². The smallest absolute Gasteiger partial charge is 0.197 e. The molecule has 2 nitrogen and oxygen atoms in total. The summed E-state index contributed by atoms with van der Waals surface area (Å²) < 4.78 is 1.49. The topological polar surface area (TPSA) is 25.8 Å². The van der Waals surface area contributed by atoms with Crippen LogP contribution in [0.1, 0.15) is 12.5 Å². The lowest BCUT2D eigenvalue weighted by Gasteiger charge is -1.97. The molecule has 54 valence electrons. The molecule has 0 amide bonds. The molecule has 0 atom stereocenters. The molecule has 0 aliphatic rings. The van der Waals surface area contributed by atoms with E-state index < -0.39 is 0 Å². The number of nitrogens with zero attached hydrogens (tertiary/aromatic N) is 2. The van der Waals surface area contributed by atoms with Gasteiger partial charge in [-0.15, -0.1) is 0 Å². The third-order valence-electron chi connectivity index (χ3n) is 1.16. The zero-order valence-electron chi connectivity index (χ0n) is 5.43. The summed E-state index contributed by atoms with van der Waals surface area (Å²) in [5.41, 5.74) is 1.13. The molecule has 0 radical (unpaired) electrons. The van der Waals surface area contributed by atoms with Crippen LogP contribution in [0.25, 0.3) is 0 Å². The van der Waals surface area contributed by atoms with Gasteiger partial charge in [0.2, 0.25) is 0 Å².